The van der Waals surface area contributed by atoms with Crippen LogP contribution in [0.2, 0.25) is 0 Å². The Morgan fingerprint density at radius 3 is 2.42 bits per heavy atom. The Morgan fingerprint density at radius 1 is 1.05 bits per heavy atom. The zero-order valence-corrected chi connectivity index (χ0v) is 11.4. The molecule has 19 heavy (non-hydrogen) atoms. The molecule has 2 aliphatic carbocycles. The van der Waals surface area contributed by atoms with Crippen LogP contribution in [0.15, 0.2) is 0 Å². The lowest BCUT2D eigenvalue weighted by molar-refractivity contribution is 0.0688. The van der Waals surface area contributed by atoms with Crippen LogP contribution >= 0.6 is 0 Å². The molecule has 4 heteroatoms. The molecule has 0 bridgehead atoms. The number of carboxylic acids is 1. The van der Waals surface area contributed by atoms with Gasteiger partial charge in [0.05, 0.1) is 6.04 Å². The van der Waals surface area contributed by atoms with Gasteiger partial charge < -0.3 is 5.11 Å². The molecule has 1 saturated carbocycles. The first kappa shape index (κ1) is 12.7. The highest BCUT2D eigenvalue weighted by Gasteiger charge is 2.27. The van der Waals surface area contributed by atoms with E-state index in [0.717, 1.165) is 37.7 Å². The first-order valence-electron chi connectivity index (χ1n) is 7.61. The predicted molar refractivity (Wildman–Crippen MR) is 72.6 cm³/mol. The fourth-order valence-electron chi connectivity index (χ4n) is 3.60. The maximum atomic E-state index is 11.4. The third-order valence-corrected chi connectivity index (χ3v) is 4.58. The normalized spacial score (nSPS) is 20.8. The maximum Gasteiger partial charge on any atom is 0.356 e. The average Bonchev–Trinajstić information content (AvgIpc) is 2.95. The van der Waals surface area contributed by atoms with E-state index in [-0.39, 0.29) is 0 Å². The van der Waals surface area contributed by atoms with E-state index < -0.39 is 5.97 Å². The minimum Gasteiger partial charge on any atom is -0.476 e. The summed E-state index contributed by atoms with van der Waals surface area (Å²) in [6.07, 6.45) is 11.5. The van der Waals surface area contributed by atoms with Gasteiger partial charge in [0, 0.05) is 11.3 Å². The maximum absolute atomic E-state index is 11.4. The van der Waals surface area contributed by atoms with Gasteiger partial charge in [0.1, 0.15) is 0 Å². The van der Waals surface area contributed by atoms with Gasteiger partial charge in [-0.1, -0.05) is 25.7 Å². The number of fused-ring (bicyclic) bond motifs is 1. The van der Waals surface area contributed by atoms with Crippen molar-refractivity contribution in [2.45, 2.75) is 70.3 Å². The number of nitrogens with zero attached hydrogens (tertiary/aromatic N) is 2. The van der Waals surface area contributed by atoms with E-state index >= 15 is 0 Å². The molecule has 1 aromatic heterocycles. The van der Waals surface area contributed by atoms with Crippen LogP contribution in [0.4, 0.5) is 0 Å². The molecule has 1 aromatic rings. The lowest BCUT2D eigenvalue weighted by Crippen LogP contribution is -2.12. The van der Waals surface area contributed by atoms with Gasteiger partial charge >= 0.3 is 5.97 Å². The minimum absolute atomic E-state index is 0.323. The predicted octanol–water partition coefficient (Wildman–Crippen LogP) is 3.36. The summed E-state index contributed by atoms with van der Waals surface area (Å²) in [5.41, 5.74) is 2.58. The Balaban J connectivity index is 2.02. The first-order valence-corrected chi connectivity index (χ1v) is 7.61. The molecular weight excluding hydrogens is 240 g/mol. The van der Waals surface area contributed by atoms with Crippen LogP contribution in [-0.2, 0) is 12.8 Å². The van der Waals surface area contributed by atoms with Gasteiger partial charge in [0.2, 0.25) is 0 Å². The molecule has 0 unspecified atom stereocenters. The Kier molecular flexibility index (Phi) is 3.58. The number of rotatable bonds is 2. The fourth-order valence-corrected chi connectivity index (χ4v) is 3.60. The van der Waals surface area contributed by atoms with Crippen LogP contribution < -0.4 is 0 Å². The van der Waals surface area contributed by atoms with Gasteiger partial charge in [-0.25, -0.2) is 4.79 Å². The van der Waals surface area contributed by atoms with Gasteiger partial charge in [0.15, 0.2) is 5.69 Å². The van der Waals surface area contributed by atoms with Gasteiger partial charge in [-0.05, 0) is 38.5 Å². The molecule has 1 fully saturated rings. The van der Waals surface area contributed by atoms with E-state index in [0.29, 0.717) is 11.7 Å². The second-order valence-electron chi connectivity index (χ2n) is 5.88. The van der Waals surface area contributed by atoms with Crippen LogP contribution in [0.1, 0.15) is 79.2 Å². The first-order chi connectivity index (χ1) is 9.27. The van der Waals surface area contributed by atoms with Crippen LogP contribution in [0.5, 0.6) is 0 Å². The van der Waals surface area contributed by atoms with Crippen LogP contribution in [0.25, 0.3) is 0 Å². The molecule has 3 rings (SSSR count). The van der Waals surface area contributed by atoms with E-state index in [9.17, 15) is 9.90 Å². The zero-order valence-electron chi connectivity index (χ0n) is 11.4. The Morgan fingerprint density at radius 2 is 1.74 bits per heavy atom. The molecule has 0 spiro atoms. The van der Waals surface area contributed by atoms with Crippen LogP contribution in [0.3, 0.4) is 0 Å². The Hall–Kier alpha value is -1.32. The molecule has 0 atom stereocenters. The molecule has 0 amide bonds. The molecule has 0 aliphatic heterocycles. The largest absolute Gasteiger partial charge is 0.476 e. The van der Waals surface area contributed by atoms with Crippen molar-refractivity contribution in [3.63, 3.8) is 0 Å². The average molecular weight is 262 g/mol. The summed E-state index contributed by atoms with van der Waals surface area (Å²) in [4.78, 5) is 11.4. The number of hydrogen-bond donors (Lipinski definition) is 1. The van der Waals surface area contributed by atoms with Crippen molar-refractivity contribution in [2.24, 2.45) is 0 Å². The van der Waals surface area contributed by atoms with Crippen LogP contribution in [0, 0.1) is 0 Å². The van der Waals surface area contributed by atoms with E-state index in [2.05, 4.69) is 9.78 Å². The molecule has 0 aromatic carbocycles. The van der Waals surface area contributed by atoms with Gasteiger partial charge in [-0.3, -0.25) is 4.68 Å². The third kappa shape index (κ3) is 2.40. The molecule has 0 radical (unpaired) electrons. The number of carboxylic acid groups (broad SMARTS) is 1. The fraction of sp³-hybridized carbons (Fsp3) is 0.733. The molecule has 1 N–H and O–H groups in total. The second kappa shape index (κ2) is 5.35. The number of hydrogen-bond acceptors (Lipinski definition) is 2. The Bertz CT molecular complexity index is 473. The quantitative estimate of drug-likeness (QED) is 0.889. The summed E-state index contributed by atoms with van der Waals surface area (Å²) in [6.45, 7) is 0. The lowest BCUT2D eigenvalue weighted by Gasteiger charge is -2.16. The van der Waals surface area contributed by atoms with Crippen LogP contribution in [-0.4, -0.2) is 20.9 Å². The zero-order chi connectivity index (χ0) is 13.2. The summed E-state index contributed by atoms with van der Waals surface area (Å²) in [7, 11) is 0. The number of carbonyl (C=O) groups is 1. The summed E-state index contributed by atoms with van der Waals surface area (Å²) in [5, 5.41) is 13.9. The molecule has 1 heterocycles. The summed E-state index contributed by atoms with van der Waals surface area (Å²) >= 11 is 0. The number of aromatic carboxylic acids is 1. The van der Waals surface area contributed by atoms with Crippen molar-refractivity contribution in [2.75, 3.05) is 0 Å². The van der Waals surface area contributed by atoms with Crippen molar-refractivity contribution in [1.29, 1.82) is 0 Å². The monoisotopic (exact) mass is 262 g/mol. The molecule has 4 nitrogen and oxygen atoms in total. The van der Waals surface area contributed by atoms with E-state index in [1.54, 1.807) is 0 Å². The number of aromatic nitrogens is 2. The highest BCUT2D eigenvalue weighted by Crippen LogP contribution is 2.33. The molecule has 0 saturated heterocycles. The van der Waals surface area contributed by atoms with E-state index in [1.165, 1.54) is 37.8 Å². The van der Waals surface area contributed by atoms with Crippen molar-refractivity contribution in [3.8, 4) is 0 Å². The molecular formula is C15H22N2O2. The smallest absolute Gasteiger partial charge is 0.356 e. The summed E-state index contributed by atoms with van der Waals surface area (Å²) in [6, 6.07) is 0.446. The van der Waals surface area contributed by atoms with Crippen molar-refractivity contribution < 1.29 is 9.90 Å². The van der Waals surface area contributed by atoms with Gasteiger partial charge in [0.25, 0.3) is 0 Å². The van der Waals surface area contributed by atoms with Crippen molar-refractivity contribution in [1.82, 2.24) is 9.78 Å². The molecule has 104 valence electrons. The SMILES string of the molecule is O=C(O)c1nn(C2CCCC2)c2c1CCCCCC2. The summed E-state index contributed by atoms with van der Waals surface area (Å²) in [5.74, 6) is -0.853. The van der Waals surface area contributed by atoms with E-state index in [1.807, 2.05) is 0 Å². The standard InChI is InChI=1S/C15H22N2O2/c18-15(19)14-12-9-3-1-2-4-10-13(12)17(16-14)11-7-5-6-8-11/h11H,1-10H2,(H,18,19). The van der Waals surface area contributed by atoms with Crippen molar-refractivity contribution in [3.05, 3.63) is 17.0 Å². The minimum atomic E-state index is -0.853. The summed E-state index contributed by atoms with van der Waals surface area (Å²) < 4.78 is 2.08. The second-order valence-corrected chi connectivity index (χ2v) is 5.88. The van der Waals surface area contributed by atoms with Gasteiger partial charge in [-0.15, -0.1) is 0 Å². The third-order valence-electron chi connectivity index (χ3n) is 4.58. The molecule has 2 aliphatic rings. The van der Waals surface area contributed by atoms with E-state index in [4.69, 9.17) is 0 Å². The topological polar surface area (TPSA) is 55.1 Å². The highest BCUT2D eigenvalue weighted by molar-refractivity contribution is 5.87. The van der Waals surface area contributed by atoms with Crippen molar-refractivity contribution >= 4 is 5.97 Å². The lowest BCUT2D eigenvalue weighted by atomic mass is 9.96. The Labute approximate surface area is 113 Å². The van der Waals surface area contributed by atoms with Gasteiger partial charge in [-0.2, -0.15) is 5.10 Å². The highest BCUT2D eigenvalue weighted by atomic mass is 16.4.